The zero-order valence-electron chi connectivity index (χ0n) is 25.1. The van der Waals surface area contributed by atoms with E-state index in [2.05, 4.69) is 164 Å². The van der Waals surface area contributed by atoms with E-state index >= 15 is 0 Å². The van der Waals surface area contributed by atoms with Gasteiger partial charge in [-0.25, -0.2) is 0 Å². The molecule has 0 saturated carbocycles. The third-order valence-corrected chi connectivity index (χ3v) is 9.34. The summed E-state index contributed by atoms with van der Waals surface area (Å²) in [6.07, 6.45) is 2.37. The monoisotopic (exact) mass is 572 g/mol. The average molecular weight is 573 g/mol. The lowest BCUT2D eigenvalue weighted by molar-refractivity contribution is -0.902. The van der Waals surface area contributed by atoms with Crippen LogP contribution in [-0.4, -0.2) is 45.3 Å². The van der Waals surface area contributed by atoms with Crippen LogP contribution in [0.5, 0.6) is 0 Å². The molecule has 0 fully saturated rings. The molecule has 6 rings (SSSR count). The Balaban J connectivity index is 1.43. The minimum absolute atomic E-state index is 0.923. The van der Waals surface area contributed by atoms with Crippen LogP contribution < -0.4 is 14.4 Å². The maximum absolute atomic E-state index is 2.55. The predicted octanol–water partition coefficient (Wildman–Crippen LogP) is 7.76. The van der Waals surface area contributed by atoms with E-state index in [0.717, 1.165) is 30.7 Å². The highest BCUT2D eigenvalue weighted by Crippen LogP contribution is 2.45. The molecular weight excluding hydrogens is 533 g/mol. The lowest BCUT2D eigenvalue weighted by atomic mass is 10.1. The van der Waals surface area contributed by atoms with Gasteiger partial charge in [-0.05, 0) is 48.9 Å². The molecule has 1 aliphatic rings. The van der Waals surface area contributed by atoms with Crippen molar-refractivity contribution < 1.29 is 9.05 Å². The third-order valence-electron chi connectivity index (χ3n) is 8.17. The number of likely N-dealkylation sites (N-methyl/N-ethyl adjacent to an activating group) is 2. The number of hydrogen-bond acceptors (Lipinski definition) is 3. The van der Waals surface area contributed by atoms with E-state index in [4.69, 9.17) is 0 Å². The molecule has 1 aromatic heterocycles. The number of rotatable bonds is 9. The molecule has 1 aliphatic heterocycles. The van der Waals surface area contributed by atoms with Crippen LogP contribution in [0.1, 0.15) is 18.1 Å². The molecule has 0 saturated heterocycles. The molecule has 0 atom stereocenters. The van der Waals surface area contributed by atoms with Crippen molar-refractivity contribution in [3.05, 3.63) is 131 Å². The zero-order chi connectivity index (χ0) is 29.1. The summed E-state index contributed by atoms with van der Waals surface area (Å²) >= 11 is 1.85. The van der Waals surface area contributed by atoms with Crippen molar-refractivity contribution in [2.24, 2.45) is 0 Å². The number of hydrogen-bond donors (Lipinski definition) is 0. The molecule has 0 aliphatic carbocycles. The van der Waals surface area contributed by atoms with Crippen molar-refractivity contribution in [3.8, 4) is 5.69 Å². The van der Waals surface area contributed by atoms with Crippen molar-refractivity contribution in [2.75, 3.05) is 50.6 Å². The Bertz CT molecular complexity index is 1710. The Morgan fingerprint density at radius 1 is 0.833 bits per heavy atom. The quantitative estimate of drug-likeness (QED) is 0.132. The highest BCUT2D eigenvalue weighted by atomic mass is 32.2. The molecule has 0 bridgehead atoms. The number of quaternary nitrogens is 1. The van der Waals surface area contributed by atoms with Crippen LogP contribution >= 0.6 is 11.8 Å². The van der Waals surface area contributed by atoms with Gasteiger partial charge in [0.25, 0.3) is 5.82 Å². The Hall–Kier alpha value is -4.06. The molecule has 212 valence electrons. The summed E-state index contributed by atoms with van der Waals surface area (Å²) in [5.41, 5.74) is 6.28. The molecular formula is C37H40N4S+2. The molecule has 0 spiro atoms. The standard InChI is InChI=1S/C37H40N4S/c1-5-39(24-25-41(3,4)28-29-16-8-6-9-17-29)36-26-30(27-37-38(2)34-22-14-15-23-35(34)42-37)32-20-12-13-21-33(32)40(36)31-18-10-7-11-19-31/h6-23,26-27H,5,24-25,28H2,1-4H3/q+2. The van der Waals surface area contributed by atoms with Gasteiger partial charge >= 0.3 is 0 Å². The minimum Gasteiger partial charge on any atom is -0.338 e. The number of nitrogens with zero attached hydrogens (tertiary/aromatic N) is 4. The molecule has 4 nitrogen and oxygen atoms in total. The highest BCUT2D eigenvalue weighted by molar-refractivity contribution is 8.03. The number of aromatic nitrogens is 1. The molecule has 0 radical (unpaired) electrons. The summed E-state index contributed by atoms with van der Waals surface area (Å²) < 4.78 is 3.37. The van der Waals surface area contributed by atoms with Gasteiger partial charge in [0.1, 0.15) is 30.8 Å². The van der Waals surface area contributed by atoms with Crippen LogP contribution in [-0.2, 0) is 6.54 Å². The van der Waals surface area contributed by atoms with E-state index in [1.807, 2.05) is 11.8 Å². The number of pyridine rings is 1. The van der Waals surface area contributed by atoms with E-state index in [-0.39, 0.29) is 0 Å². The second-order valence-corrected chi connectivity index (χ2v) is 12.7. The van der Waals surface area contributed by atoms with Crippen molar-refractivity contribution in [1.29, 1.82) is 0 Å². The summed E-state index contributed by atoms with van der Waals surface area (Å²) in [6, 6.07) is 41.5. The summed E-state index contributed by atoms with van der Waals surface area (Å²) in [7, 11) is 6.85. The lowest BCUT2D eigenvalue weighted by Crippen LogP contribution is -2.48. The first-order chi connectivity index (χ1) is 20.4. The van der Waals surface area contributed by atoms with Gasteiger partial charge in [-0.1, -0.05) is 90.6 Å². The van der Waals surface area contributed by atoms with Crippen LogP contribution in [0.25, 0.3) is 22.7 Å². The normalized spacial score (nSPS) is 14.0. The highest BCUT2D eigenvalue weighted by Gasteiger charge is 2.28. The maximum atomic E-state index is 2.55. The molecule has 42 heavy (non-hydrogen) atoms. The van der Waals surface area contributed by atoms with E-state index in [9.17, 15) is 0 Å². The third kappa shape index (κ3) is 5.80. The van der Waals surface area contributed by atoms with Gasteiger partial charge in [-0.2, -0.15) is 4.57 Å². The molecule has 2 heterocycles. The second-order valence-electron chi connectivity index (χ2n) is 11.6. The first kappa shape index (κ1) is 28.1. The summed E-state index contributed by atoms with van der Waals surface area (Å²) in [6.45, 7) is 6.20. The van der Waals surface area contributed by atoms with Crippen molar-refractivity contribution in [1.82, 2.24) is 0 Å². The fourth-order valence-corrected chi connectivity index (χ4v) is 6.98. The average Bonchev–Trinajstić information content (AvgIpc) is 3.33. The molecule has 0 unspecified atom stereocenters. The summed E-state index contributed by atoms with van der Waals surface area (Å²) in [5, 5.41) is 2.49. The first-order valence-electron chi connectivity index (χ1n) is 14.8. The zero-order valence-corrected chi connectivity index (χ0v) is 25.9. The van der Waals surface area contributed by atoms with Crippen LogP contribution in [0, 0.1) is 0 Å². The topological polar surface area (TPSA) is 10.4 Å². The van der Waals surface area contributed by atoms with E-state index < -0.39 is 0 Å². The number of anilines is 2. The van der Waals surface area contributed by atoms with Crippen LogP contribution in [0.2, 0.25) is 0 Å². The number of fused-ring (bicyclic) bond motifs is 2. The Morgan fingerprint density at radius 2 is 1.50 bits per heavy atom. The van der Waals surface area contributed by atoms with Crippen LogP contribution in [0.4, 0.5) is 11.5 Å². The van der Waals surface area contributed by atoms with E-state index in [1.54, 1.807) is 0 Å². The summed E-state index contributed by atoms with van der Waals surface area (Å²) in [4.78, 5) is 6.17. The molecule has 4 aromatic carbocycles. The van der Waals surface area contributed by atoms with Gasteiger partial charge in [0.2, 0.25) is 0 Å². The minimum atomic E-state index is 0.923. The molecule has 5 aromatic rings. The Labute approximate surface area is 254 Å². The Morgan fingerprint density at radius 3 is 2.24 bits per heavy atom. The number of thioether (sulfide) groups is 1. The fraction of sp³-hybridized carbons (Fsp3) is 0.216. The molecule has 5 heteroatoms. The first-order valence-corrected chi connectivity index (χ1v) is 15.6. The second kappa shape index (κ2) is 12.0. The molecule has 0 amide bonds. The van der Waals surface area contributed by atoms with E-state index in [0.29, 0.717) is 0 Å². The van der Waals surface area contributed by atoms with Gasteiger partial charge in [-0.15, -0.1) is 0 Å². The van der Waals surface area contributed by atoms with Gasteiger partial charge in [0.05, 0.1) is 31.4 Å². The smallest absolute Gasteiger partial charge is 0.283 e. The van der Waals surface area contributed by atoms with E-state index in [1.165, 1.54) is 49.1 Å². The number of para-hydroxylation sites is 3. The summed E-state index contributed by atoms with van der Waals surface area (Å²) in [5.74, 6) is 1.22. The van der Waals surface area contributed by atoms with Gasteiger partial charge < -0.3 is 9.38 Å². The SMILES string of the molecule is CCN(CC[N+](C)(C)Cc1ccccc1)c1cc(C=C2Sc3ccccc3N2C)c2ccccc2[n+]1-c1ccccc1. The van der Waals surface area contributed by atoms with Gasteiger partial charge in [-0.3, -0.25) is 4.90 Å². The van der Waals surface area contributed by atoms with Crippen LogP contribution in [0.15, 0.2) is 125 Å². The van der Waals surface area contributed by atoms with Crippen molar-refractivity contribution in [2.45, 2.75) is 18.4 Å². The van der Waals surface area contributed by atoms with Crippen LogP contribution in [0.3, 0.4) is 0 Å². The van der Waals surface area contributed by atoms with Crippen molar-refractivity contribution in [3.63, 3.8) is 0 Å². The number of benzene rings is 4. The lowest BCUT2D eigenvalue weighted by Gasteiger charge is -2.31. The van der Waals surface area contributed by atoms with Gasteiger partial charge in [0.15, 0.2) is 0 Å². The van der Waals surface area contributed by atoms with Crippen molar-refractivity contribution >= 4 is 40.2 Å². The maximum Gasteiger partial charge on any atom is 0.283 e. The van der Waals surface area contributed by atoms with Gasteiger partial charge in [0, 0.05) is 29.0 Å². The fourth-order valence-electron chi connectivity index (χ4n) is 5.88. The predicted molar refractivity (Wildman–Crippen MR) is 179 cm³/mol. The Kier molecular flexibility index (Phi) is 8.05. The molecule has 0 N–H and O–H groups in total. The largest absolute Gasteiger partial charge is 0.338 e.